The maximum Gasteiger partial charge on any atom is 0.410 e. The van der Waals surface area contributed by atoms with E-state index in [-0.39, 0.29) is 12.1 Å². The van der Waals surface area contributed by atoms with Crippen LogP contribution in [0.15, 0.2) is 0 Å². The van der Waals surface area contributed by atoms with Crippen LogP contribution in [0.5, 0.6) is 0 Å². The zero-order valence-electron chi connectivity index (χ0n) is 11.3. The highest BCUT2D eigenvalue weighted by Crippen LogP contribution is 2.59. The third-order valence-corrected chi connectivity index (χ3v) is 3.92. The van der Waals surface area contributed by atoms with E-state index in [2.05, 4.69) is 6.92 Å². The maximum absolute atomic E-state index is 11.9. The van der Waals surface area contributed by atoms with Crippen LogP contribution in [-0.2, 0) is 4.74 Å². The van der Waals surface area contributed by atoms with Crippen LogP contribution in [0, 0.1) is 11.3 Å². The van der Waals surface area contributed by atoms with Crippen LogP contribution in [0.2, 0.25) is 0 Å². The smallest absolute Gasteiger partial charge is 0.410 e. The van der Waals surface area contributed by atoms with E-state index in [9.17, 15) is 4.79 Å². The number of hydrogen-bond acceptors (Lipinski definition) is 3. The lowest BCUT2D eigenvalue weighted by atomic mass is 10.00. The molecule has 3 atom stereocenters. The SMILES string of the molecule is CC(N)C1CC12CCN(C(=O)OC(C)(C)C)C2. The normalized spacial score (nSPS) is 33.9. The molecule has 2 aliphatic rings. The van der Waals surface area contributed by atoms with Crippen molar-refractivity contribution in [3.8, 4) is 0 Å². The first kappa shape index (κ1) is 12.7. The van der Waals surface area contributed by atoms with E-state index in [4.69, 9.17) is 10.5 Å². The lowest BCUT2D eigenvalue weighted by Crippen LogP contribution is -2.36. The lowest BCUT2D eigenvalue weighted by molar-refractivity contribution is 0.0284. The Bertz CT molecular complexity index is 322. The van der Waals surface area contributed by atoms with E-state index in [1.807, 2.05) is 25.7 Å². The van der Waals surface area contributed by atoms with Crippen molar-refractivity contribution in [1.29, 1.82) is 0 Å². The van der Waals surface area contributed by atoms with Crippen LogP contribution in [0.3, 0.4) is 0 Å². The predicted molar refractivity (Wildman–Crippen MR) is 66.6 cm³/mol. The van der Waals surface area contributed by atoms with Gasteiger partial charge in [0.05, 0.1) is 0 Å². The number of nitrogens with two attached hydrogens (primary N) is 1. The summed E-state index contributed by atoms with van der Waals surface area (Å²) in [6.07, 6.45) is 2.08. The molecule has 1 amide bonds. The van der Waals surface area contributed by atoms with E-state index in [0.29, 0.717) is 11.3 Å². The molecule has 1 spiro atoms. The highest BCUT2D eigenvalue weighted by atomic mass is 16.6. The van der Waals surface area contributed by atoms with Gasteiger partial charge in [-0.05, 0) is 51.9 Å². The molecule has 2 N–H and O–H groups in total. The van der Waals surface area contributed by atoms with E-state index in [0.717, 1.165) is 19.5 Å². The molecule has 0 bridgehead atoms. The van der Waals surface area contributed by atoms with Crippen molar-refractivity contribution in [3.63, 3.8) is 0 Å². The Hall–Kier alpha value is -0.770. The van der Waals surface area contributed by atoms with Crippen LogP contribution in [0.1, 0.15) is 40.5 Å². The zero-order valence-corrected chi connectivity index (χ0v) is 11.3. The molecule has 1 saturated carbocycles. The zero-order chi connectivity index (χ0) is 12.8. The molecule has 17 heavy (non-hydrogen) atoms. The lowest BCUT2D eigenvalue weighted by Gasteiger charge is -2.24. The Morgan fingerprint density at radius 2 is 2.18 bits per heavy atom. The average molecular weight is 240 g/mol. The number of rotatable bonds is 1. The summed E-state index contributed by atoms with van der Waals surface area (Å²) in [4.78, 5) is 13.8. The fraction of sp³-hybridized carbons (Fsp3) is 0.923. The Labute approximate surface area is 103 Å². The quantitative estimate of drug-likeness (QED) is 0.762. The van der Waals surface area contributed by atoms with E-state index >= 15 is 0 Å². The molecule has 1 saturated heterocycles. The summed E-state index contributed by atoms with van der Waals surface area (Å²) < 4.78 is 5.39. The van der Waals surface area contributed by atoms with Crippen molar-refractivity contribution in [2.24, 2.45) is 17.1 Å². The van der Waals surface area contributed by atoms with Crippen molar-refractivity contribution < 1.29 is 9.53 Å². The fourth-order valence-corrected chi connectivity index (χ4v) is 2.97. The minimum atomic E-state index is -0.406. The molecular weight excluding hydrogens is 216 g/mol. The average Bonchev–Trinajstić information content (AvgIpc) is 2.65. The molecule has 4 nitrogen and oxygen atoms in total. The molecular formula is C13H24N2O2. The molecule has 3 unspecified atom stereocenters. The van der Waals surface area contributed by atoms with Gasteiger partial charge < -0.3 is 15.4 Å². The van der Waals surface area contributed by atoms with Gasteiger partial charge in [0.15, 0.2) is 0 Å². The Morgan fingerprint density at radius 1 is 1.53 bits per heavy atom. The van der Waals surface area contributed by atoms with Crippen molar-refractivity contribution >= 4 is 6.09 Å². The largest absolute Gasteiger partial charge is 0.444 e. The number of amides is 1. The van der Waals surface area contributed by atoms with Gasteiger partial charge in [-0.15, -0.1) is 0 Å². The summed E-state index contributed by atoms with van der Waals surface area (Å²) in [5, 5.41) is 0. The van der Waals surface area contributed by atoms with Crippen LogP contribution in [0.4, 0.5) is 4.79 Å². The Morgan fingerprint density at radius 3 is 2.65 bits per heavy atom. The summed E-state index contributed by atoms with van der Waals surface area (Å²) in [7, 11) is 0. The molecule has 4 heteroatoms. The van der Waals surface area contributed by atoms with Gasteiger partial charge in [-0.1, -0.05) is 0 Å². The van der Waals surface area contributed by atoms with Gasteiger partial charge in [0.1, 0.15) is 5.60 Å². The van der Waals surface area contributed by atoms with Crippen molar-refractivity contribution in [2.75, 3.05) is 13.1 Å². The van der Waals surface area contributed by atoms with E-state index in [1.165, 1.54) is 6.42 Å². The van der Waals surface area contributed by atoms with Gasteiger partial charge in [-0.25, -0.2) is 4.79 Å². The number of carbonyl (C=O) groups excluding carboxylic acids is 1. The molecule has 0 aromatic rings. The molecule has 1 heterocycles. The number of likely N-dealkylation sites (tertiary alicyclic amines) is 1. The number of hydrogen-bond donors (Lipinski definition) is 1. The van der Waals surface area contributed by atoms with Crippen molar-refractivity contribution in [3.05, 3.63) is 0 Å². The molecule has 1 aliphatic heterocycles. The highest BCUT2D eigenvalue weighted by Gasteiger charge is 2.59. The van der Waals surface area contributed by atoms with Gasteiger partial charge in [0.2, 0.25) is 0 Å². The summed E-state index contributed by atoms with van der Waals surface area (Å²) in [5.41, 5.74) is 5.85. The monoisotopic (exact) mass is 240 g/mol. The topological polar surface area (TPSA) is 55.6 Å². The van der Waals surface area contributed by atoms with Gasteiger partial charge in [0, 0.05) is 19.1 Å². The Balaban J connectivity index is 1.89. The first-order valence-electron chi connectivity index (χ1n) is 6.47. The van der Waals surface area contributed by atoms with Gasteiger partial charge in [-0.3, -0.25) is 0 Å². The Kier molecular flexibility index (Phi) is 2.89. The van der Waals surface area contributed by atoms with Gasteiger partial charge >= 0.3 is 6.09 Å². The summed E-state index contributed by atoms with van der Waals surface area (Å²) in [5.74, 6) is 0.593. The first-order valence-corrected chi connectivity index (χ1v) is 6.47. The third-order valence-electron chi connectivity index (χ3n) is 3.92. The second kappa shape index (κ2) is 3.87. The molecule has 0 radical (unpaired) electrons. The second-order valence-electron chi connectivity index (χ2n) is 6.68. The molecule has 0 aromatic carbocycles. The van der Waals surface area contributed by atoms with Gasteiger partial charge in [-0.2, -0.15) is 0 Å². The van der Waals surface area contributed by atoms with Crippen LogP contribution in [0.25, 0.3) is 0 Å². The number of carbonyl (C=O) groups is 1. The maximum atomic E-state index is 11.9. The van der Waals surface area contributed by atoms with Crippen LogP contribution >= 0.6 is 0 Å². The molecule has 2 rings (SSSR count). The second-order valence-corrected chi connectivity index (χ2v) is 6.68. The van der Waals surface area contributed by atoms with E-state index < -0.39 is 5.60 Å². The first-order chi connectivity index (χ1) is 7.73. The summed E-state index contributed by atoms with van der Waals surface area (Å²) >= 11 is 0. The van der Waals surface area contributed by atoms with Crippen molar-refractivity contribution in [1.82, 2.24) is 4.90 Å². The molecule has 2 fully saturated rings. The summed E-state index contributed by atoms with van der Waals surface area (Å²) in [6.45, 7) is 9.41. The minimum absolute atomic E-state index is 0.176. The number of nitrogens with zero attached hydrogens (tertiary/aromatic N) is 1. The van der Waals surface area contributed by atoms with Gasteiger partial charge in [0.25, 0.3) is 0 Å². The van der Waals surface area contributed by atoms with Crippen LogP contribution in [-0.4, -0.2) is 35.7 Å². The minimum Gasteiger partial charge on any atom is -0.444 e. The predicted octanol–water partition coefficient (Wildman–Crippen LogP) is 1.98. The van der Waals surface area contributed by atoms with E-state index in [1.54, 1.807) is 0 Å². The fourth-order valence-electron chi connectivity index (χ4n) is 2.97. The third kappa shape index (κ3) is 2.57. The summed E-state index contributed by atoms with van der Waals surface area (Å²) in [6, 6.07) is 0.244. The van der Waals surface area contributed by atoms with Crippen LogP contribution < -0.4 is 5.73 Å². The highest BCUT2D eigenvalue weighted by molar-refractivity contribution is 5.68. The molecule has 0 aromatic heterocycles. The van der Waals surface area contributed by atoms with Crippen molar-refractivity contribution in [2.45, 2.75) is 52.2 Å². The number of ether oxygens (including phenoxy) is 1. The molecule has 1 aliphatic carbocycles. The standard InChI is InChI=1S/C13H24N2O2/c1-9(14)10-7-13(10)5-6-15(8-13)11(16)17-12(2,3)4/h9-10H,5-8,14H2,1-4H3. The molecule has 98 valence electrons.